The molecule has 1 amide bonds. The predicted molar refractivity (Wildman–Crippen MR) is 73.6 cm³/mol. The normalized spacial score (nSPS) is 24.8. The Morgan fingerprint density at radius 3 is 2.67 bits per heavy atom. The lowest BCUT2D eigenvalue weighted by Gasteiger charge is -2.22. The van der Waals surface area contributed by atoms with Crippen LogP contribution in [-0.2, 0) is 4.79 Å². The molecule has 0 saturated heterocycles. The fraction of sp³-hybridized carbons (Fsp3) is 0.500. The topological polar surface area (TPSA) is 55.1 Å². The third-order valence-electron chi connectivity index (χ3n) is 3.56. The van der Waals surface area contributed by atoms with E-state index in [0.717, 1.165) is 24.3 Å². The zero-order chi connectivity index (χ0) is 13.1. The molecule has 3 N–H and O–H groups in total. The van der Waals surface area contributed by atoms with Gasteiger partial charge in [0.1, 0.15) is 0 Å². The molecule has 0 spiro atoms. The third kappa shape index (κ3) is 3.03. The number of halogens is 1. The fourth-order valence-corrected chi connectivity index (χ4v) is 2.68. The van der Waals surface area contributed by atoms with Crippen molar-refractivity contribution in [1.29, 1.82) is 0 Å². The van der Waals surface area contributed by atoms with E-state index in [4.69, 9.17) is 17.3 Å². The van der Waals surface area contributed by atoms with Crippen LogP contribution in [0.15, 0.2) is 24.3 Å². The number of amides is 1. The van der Waals surface area contributed by atoms with Gasteiger partial charge in [-0.05, 0) is 37.5 Å². The highest BCUT2D eigenvalue weighted by molar-refractivity contribution is 6.30. The Morgan fingerprint density at radius 1 is 1.39 bits per heavy atom. The summed E-state index contributed by atoms with van der Waals surface area (Å²) in [6, 6.07) is 7.65. The van der Waals surface area contributed by atoms with Crippen molar-refractivity contribution >= 4 is 17.5 Å². The summed E-state index contributed by atoms with van der Waals surface area (Å²) < 4.78 is 0. The number of nitrogens with two attached hydrogens (primary N) is 1. The lowest BCUT2D eigenvalue weighted by atomic mass is 9.94. The Balaban J connectivity index is 2.07. The van der Waals surface area contributed by atoms with Gasteiger partial charge in [0.05, 0.1) is 6.04 Å². The molecule has 3 unspecified atom stereocenters. The number of nitrogens with one attached hydrogen (secondary N) is 1. The molecule has 1 aliphatic rings. The van der Waals surface area contributed by atoms with Crippen molar-refractivity contribution < 1.29 is 4.79 Å². The van der Waals surface area contributed by atoms with Gasteiger partial charge in [-0.15, -0.1) is 0 Å². The van der Waals surface area contributed by atoms with Gasteiger partial charge in [-0.1, -0.05) is 30.2 Å². The van der Waals surface area contributed by atoms with E-state index in [-0.39, 0.29) is 11.9 Å². The summed E-state index contributed by atoms with van der Waals surface area (Å²) in [7, 11) is 0. The highest BCUT2D eigenvalue weighted by Gasteiger charge is 2.30. The van der Waals surface area contributed by atoms with Crippen molar-refractivity contribution in [3.05, 3.63) is 34.9 Å². The van der Waals surface area contributed by atoms with Gasteiger partial charge < -0.3 is 11.1 Å². The quantitative estimate of drug-likeness (QED) is 0.883. The van der Waals surface area contributed by atoms with Crippen LogP contribution in [0.5, 0.6) is 0 Å². The van der Waals surface area contributed by atoms with Crippen LogP contribution in [0.2, 0.25) is 5.02 Å². The lowest BCUT2D eigenvalue weighted by molar-refractivity contribution is -0.122. The average Bonchev–Trinajstić information content (AvgIpc) is 2.78. The van der Waals surface area contributed by atoms with E-state index in [1.807, 2.05) is 24.3 Å². The summed E-state index contributed by atoms with van der Waals surface area (Å²) in [6.45, 7) is 1.71. The van der Waals surface area contributed by atoms with Crippen LogP contribution in [0, 0.1) is 0 Å². The monoisotopic (exact) mass is 266 g/mol. The second kappa shape index (κ2) is 5.72. The molecular weight excluding hydrogens is 248 g/mol. The molecule has 0 heterocycles. The van der Waals surface area contributed by atoms with Crippen molar-refractivity contribution in [2.45, 2.75) is 44.2 Å². The first kappa shape index (κ1) is 13.4. The SMILES string of the molecule is CC(N)C(=O)NC1CCCC1c1ccc(Cl)cc1. The van der Waals surface area contributed by atoms with Crippen LogP contribution >= 0.6 is 11.6 Å². The van der Waals surface area contributed by atoms with Crippen LogP contribution in [-0.4, -0.2) is 18.0 Å². The summed E-state index contributed by atoms with van der Waals surface area (Å²) in [5.74, 6) is 0.311. The van der Waals surface area contributed by atoms with Crippen molar-refractivity contribution in [2.75, 3.05) is 0 Å². The average molecular weight is 267 g/mol. The Hall–Kier alpha value is -1.06. The Bertz CT molecular complexity index is 416. The van der Waals surface area contributed by atoms with Crippen molar-refractivity contribution in [1.82, 2.24) is 5.32 Å². The van der Waals surface area contributed by atoms with Gasteiger partial charge in [0.2, 0.25) is 5.91 Å². The largest absolute Gasteiger partial charge is 0.351 e. The van der Waals surface area contributed by atoms with E-state index >= 15 is 0 Å². The van der Waals surface area contributed by atoms with E-state index < -0.39 is 6.04 Å². The van der Waals surface area contributed by atoms with Gasteiger partial charge in [0.15, 0.2) is 0 Å². The molecule has 1 saturated carbocycles. The molecule has 2 rings (SSSR count). The van der Waals surface area contributed by atoms with Crippen LogP contribution in [0.3, 0.4) is 0 Å². The molecule has 0 aliphatic heterocycles. The van der Waals surface area contributed by atoms with E-state index in [1.165, 1.54) is 5.56 Å². The third-order valence-corrected chi connectivity index (χ3v) is 3.81. The van der Waals surface area contributed by atoms with Crippen LogP contribution in [0.1, 0.15) is 37.7 Å². The van der Waals surface area contributed by atoms with Crippen LogP contribution in [0.25, 0.3) is 0 Å². The molecular formula is C14H19ClN2O. The summed E-state index contributed by atoms with van der Waals surface area (Å²) in [4.78, 5) is 11.7. The minimum absolute atomic E-state index is 0.0686. The van der Waals surface area contributed by atoms with Crippen molar-refractivity contribution in [2.24, 2.45) is 5.73 Å². The van der Waals surface area contributed by atoms with Crippen LogP contribution in [0.4, 0.5) is 0 Å². The van der Waals surface area contributed by atoms with E-state index in [0.29, 0.717) is 5.92 Å². The van der Waals surface area contributed by atoms with Crippen molar-refractivity contribution in [3.8, 4) is 0 Å². The molecule has 0 bridgehead atoms. The first-order valence-corrected chi connectivity index (χ1v) is 6.77. The number of hydrogen-bond acceptors (Lipinski definition) is 2. The molecule has 4 heteroatoms. The van der Waals surface area contributed by atoms with Gasteiger partial charge in [0, 0.05) is 17.0 Å². The minimum atomic E-state index is -0.448. The molecule has 0 radical (unpaired) electrons. The summed E-state index contributed by atoms with van der Waals surface area (Å²) >= 11 is 5.89. The number of benzene rings is 1. The highest BCUT2D eigenvalue weighted by Crippen LogP contribution is 2.35. The maximum Gasteiger partial charge on any atom is 0.236 e. The molecule has 0 aromatic heterocycles. The zero-order valence-corrected chi connectivity index (χ0v) is 11.3. The number of carbonyl (C=O) groups is 1. The predicted octanol–water partition coefficient (Wildman–Crippen LogP) is 2.44. The van der Waals surface area contributed by atoms with Gasteiger partial charge >= 0.3 is 0 Å². The maximum absolute atomic E-state index is 11.7. The molecule has 98 valence electrons. The van der Waals surface area contributed by atoms with Gasteiger partial charge in [-0.2, -0.15) is 0 Å². The molecule has 18 heavy (non-hydrogen) atoms. The molecule has 1 aliphatic carbocycles. The van der Waals surface area contributed by atoms with E-state index in [1.54, 1.807) is 6.92 Å². The number of rotatable bonds is 3. The lowest BCUT2D eigenvalue weighted by Crippen LogP contribution is -2.44. The van der Waals surface area contributed by atoms with E-state index in [2.05, 4.69) is 5.32 Å². The fourth-order valence-electron chi connectivity index (χ4n) is 2.56. The molecule has 3 nitrogen and oxygen atoms in total. The standard InChI is InChI=1S/C14H19ClN2O/c1-9(16)14(18)17-13-4-2-3-12(13)10-5-7-11(15)8-6-10/h5-9,12-13H,2-4,16H2,1H3,(H,17,18). The first-order valence-electron chi connectivity index (χ1n) is 6.39. The molecule has 1 aromatic rings. The Labute approximate surface area is 113 Å². The number of hydrogen-bond donors (Lipinski definition) is 2. The van der Waals surface area contributed by atoms with Crippen LogP contribution < -0.4 is 11.1 Å². The summed E-state index contributed by atoms with van der Waals surface area (Å²) in [5, 5.41) is 3.79. The number of carbonyl (C=O) groups excluding carboxylic acids is 1. The van der Waals surface area contributed by atoms with Gasteiger partial charge in [0.25, 0.3) is 0 Å². The van der Waals surface area contributed by atoms with Gasteiger partial charge in [-0.3, -0.25) is 4.79 Å². The maximum atomic E-state index is 11.7. The molecule has 1 fully saturated rings. The van der Waals surface area contributed by atoms with E-state index in [9.17, 15) is 4.79 Å². The smallest absolute Gasteiger partial charge is 0.236 e. The minimum Gasteiger partial charge on any atom is -0.351 e. The highest BCUT2D eigenvalue weighted by atomic mass is 35.5. The first-order chi connectivity index (χ1) is 8.58. The van der Waals surface area contributed by atoms with Gasteiger partial charge in [-0.25, -0.2) is 0 Å². The second-order valence-electron chi connectivity index (χ2n) is 4.99. The zero-order valence-electron chi connectivity index (χ0n) is 10.5. The Morgan fingerprint density at radius 2 is 2.06 bits per heavy atom. The summed E-state index contributed by atoms with van der Waals surface area (Å²) in [6.07, 6.45) is 3.26. The molecule has 1 aromatic carbocycles. The Kier molecular flexibility index (Phi) is 4.25. The second-order valence-corrected chi connectivity index (χ2v) is 5.43. The summed E-state index contributed by atoms with van der Waals surface area (Å²) in [5.41, 5.74) is 6.83. The van der Waals surface area contributed by atoms with Crippen molar-refractivity contribution in [3.63, 3.8) is 0 Å². The molecule has 3 atom stereocenters.